The van der Waals surface area contributed by atoms with Gasteiger partial charge in [-0.05, 0) is 35.7 Å². The average Bonchev–Trinajstić information content (AvgIpc) is 3.43. The molecule has 1 N–H and O–H groups in total. The second-order valence-electron chi connectivity index (χ2n) is 8.12. The summed E-state index contributed by atoms with van der Waals surface area (Å²) in [5.74, 6) is -3.28. The first-order valence-corrected chi connectivity index (χ1v) is 11.0. The molecule has 0 bridgehead atoms. The van der Waals surface area contributed by atoms with Crippen LogP contribution >= 0.6 is 11.6 Å². The molecule has 2 aromatic heterocycles. The van der Waals surface area contributed by atoms with Gasteiger partial charge in [0.2, 0.25) is 0 Å². The van der Waals surface area contributed by atoms with Crippen LogP contribution in [0.2, 0.25) is 5.02 Å². The summed E-state index contributed by atoms with van der Waals surface area (Å²) in [7, 11) is 0. The fourth-order valence-electron chi connectivity index (χ4n) is 3.55. The zero-order valence-corrected chi connectivity index (χ0v) is 19.5. The van der Waals surface area contributed by atoms with Gasteiger partial charge < -0.3 is 5.32 Å². The Balaban J connectivity index is 1.50. The Morgan fingerprint density at radius 2 is 1.64 bits per heavy atom. The summed E-state index contributed by atoms with van der Waals surface area (Å²) in [5, 5.41) is 9.48. The van der Waals surface area contributed by atoms with Crippen LogP contribution in [0.5, 0.6) is 0 Å². The quantitative estimate of drug-likeness (QED) is 0.262. The maximum atomic E-state index is 14.1. The third-order valence-corrected chi connectivity index (χ3v) is 5.61. The lowest BCUT2D eigenvalue weighted by atomic mass is 10.1. The van der Waals surface area contributed by atoms with Gasteiger partial charge in [-0.3, -0.25) is 14.2 Å². The van der Waals surface area contributed by atoms with Crippen LogP contribution in [0, 0.1) is 18.6 Å². The molecule has 4 aromatic rings. The molecule has 0 saturated carbocycles. The van der Waals surface area contributed by atoms with Crippen molar-refractivity contribution < 1.29 is 26.7 Å². The Labute approximate surface area is 207 Å². The first-order chi connectivity index (χ1) is 17.0. The summed E-state index contributed by atoms with van der Waals surface area (Å²) in [4.78, 5) is 12.5. The molecule has 1 amide bonds. The van der Waals surface area contributed by atoms with E-state index in [-0.39, 0.29) is 11.6 Å². The van der Waals surface area contributed by atoms with Gasteiger partial charge in [0.15, 0.2) is 5.69 Å². The summed E-state index contributed by atoms with van der Waals surface area (Å²) < 4.78 is 71.4. The maximum Gasteiger partial charge on any atom is 0.435 e. The third-order valence-electron chi connectivity index (χ3n) is 5.31. The highest BCUT2D eigenvalue weighted by Crippen LogP contribution is 2.31. The molecule has 0 radical (unpaired) electrons. The van der Waals surface area contributed by atoms with E-state index in [1.165, 1.54) is 0 Å². The predicted octanol–water partition coefficient (Wildman–Crippen LogP) is 5.37. The number of amides is 1. The Morgan fingerprint density at radius 1 is 1.00 bits per heavy atom. The van der Waals surface area contributed by atoms with Crippen molar-refractivity contribution in [3.63, 3.8) is 0 Å². The van der Waals surface area contributed by atoms with Crippen molar-refractivity contribution in [3.8, 4) is 0 Å². The number of carbonyl (C=O) groups excluding carboxylic acids is 1. The van der Waals surface area contributed by atoms with Crippen molar-refractivity contribution in [1.29, 1.82) is 0 Å². The Hall–Kier alpha value is -3.73. The predicted molar refractivity (Wildman–Crippen MR) is 121 cm³/mol. The van der Waals surface area contributed by atoms with Crippen LogP contribution in [0.25, 0.3) is 0 Å². The molecule has 0 atom stereocenters. The molecular formula is C24H19ClF5N5O. The van der Waals surface area contributed by atoms with Gasteiger partial charge in [-0.15, -0.1) is 0 Å². The van der Waals surface area contributed by atoms with Crippen LogP contribution in [0.1, 0.15) is 38.3 Å². The highest BCUT2D eigenvalue weighted by molar-refractivity contribution is 6.30. The van der Waals surface area contributed by atoms with Crippen molar-refractivity contribution in [1.82, 2.24) is 24.9 Å². The minimum atomic E-state index is -4.92. The second kappa shape index (κ2) is 10.1. The number of carbonyl (C=O) groups is 1. The first kappa shape index (κ1) is 25.4. The fraction of sp³-hybridized carbons (Fsp3) is 0.208. The van der Waals surface area contributed by atoms with Crippen LogP contribution in [0.4, 0.5) is 22.0 Å². The Kier molecular flexibility index (Phi) is 7.11. The van der Waals surface area contributed by atoms with E-state index in [1.807, 2.05) is 25.3 Å². The zero-order chi connectivity index (χ0) is 26.0. The molecule has 2 aromatic carbocycles. The van der Waals surface area contributed by atoms with Crippen molar-refractivity contribution in [3.05, 3.63) is 105 Å². The average molecular weight is 524 g/mol. The topological polar surface area (TPSA) is 64.7 Å². The molecule has 2 heterocycles. The van der Waals surface area contributed by atoms with Gasteiger partial charge in [0.1, 0.15) is 11.6 Å². The van der Waals surface area contributed by atoms with E-state index < -0.39 is 47.1 Å². The van der Waals surface area contributed by atoms with E-state index in [0.717, 1.165) is 34.1 Å². The molecule has 188 valence electrons. The number of nitrogens with zero attached hydrogens (tertiary/aromatic N) is 4. The minimum Gasteiger partial charge on any atom is -0.348 e. The summed E-state index contributed by atoms with van der Waals surface area (Å²) in [6, 6.07) is 9.02. The van der Waals surface area contributed by atoms with Crippen LogP contribution in [-0.2, 0) is 25.8 Å². The molecule has 12 heteroatoms. The zero-order valence-electron chi connectivity index (χ0n) is 18.8. The summed E-state index contributed by atoms with van der Waals surface area (Å²) in [6.45, 7) is 1.73. The van der Waals surface area contributed by atoms with Gasteiger partial charge in [0, 0.05) is 24.5 Å². The molecule has 0 aliphatic carbocycles. The lowest BCUT2D eigenvalue weighted by Crippen LogP contribution is -2.26. The molecule has 0 fully saturated rings. The van der Waals surface area contributed by atoms with Gasteiger partial charge in [0.05, 0.1) is 29.9 Å². The van der Waals surface area contributed by atoms with E-state index in [9.17, 15) is 26.7 Å². The lowest BCUT2D eigenvalue weighted by Gasteiger charge is -2.09. The minimum absolute atomic E-state index is 0.0327. The number of halogens is 6. The van der Waals surface area contributed by atoms with Gasteiger partial charge in [0.25, 0.3) is 5.91 Å². The number of rotatable bonds is 7. The second-order valence-corrected chi connectivity index (χ2v) is 8.53. The molecule has 0 unspecified atom stereocenters. The lowest BCUT2D eigenvalue weighted by molar-refractivity contribution is -0.141. The maximum absolute atomic E-state index is 14.1. The molecular weight excluding hydrogens is 505 g/mol. The number of alkyl halides is 3. The van der Waals surface area contributed by atoms with Crippen LogP contribution in [-0.4, -0.2) is 25.5 Å². The van der Waals surface area contributed by atoms with Crippen LogP contribution in [0.3, 0.4) is 0 Å². The number of hydrogen-bond acceptors (Lipinski definition) is 3. The largest absolute Gasteiger partial charge is 0.435 e. The van der Waals surface area contributed by atoms with E-state index in [0.29, 0.717) is 12.1 Å². The molecule has 0 aliphatic heterocycles. The highest BCUT2D eigenvalue weighted by atomic mass is 35.5. The monoisotopic (exact) mass is 523 g/mol. The smallest absolute Gasteiger partial charge is 0.348 e. The molecule has 4 rings (SSSR count). The summed E-state index contributed by atoms with van der Waals surface area (Å²) >= 11 is 5.61. The molecule has 6 nitrogen and oxygen atoms in total. The van der Waals surface area contributed by atoms with Gasteiger partial charge in [-0.1, -0.05) is 35.9 Å². The van der Waals surface area contributed by atoms with E-state index in [2.05, 4.69) is 15.5 Å². The van der Waals surface area contributed by atoms with E-state index >= 15 is 0 Å². The van der Waals surface area contributed by atoms with Crippen LogP contribution < -0.4 is 5.32 Å². The van der Waals surface area contributed by atoms with Crippen molar-refractivity contribution >= 4 is 17.5 Å². The molecule has 36 heavy (non-hydrogen) atoms. The van der Waals surface area contributed by atoms with E-state index in [1.54, 1.807) is 23.0 Å². The highest BCUT2D eigenvalue weighted by Gasteiger charge is 2.39. The fourth-order valence-corrected chi connectivity index (χ4v) is 3.73. The van der Waals surface area contributed by atoms with Gasteiger partial charge >= 0.3 is 6.18 Å². The third kappa shape index (κ3) is 5.73. The summed E-state index contributed by atoms with van der Waals surface area (Å²) in [5.41, 5.74) is -0.121. The Morgan fingerprint density at radius 3 is 2.22 bits per heavy atom. The van der Waals surface area contributed by atoms with Crippen LogP contribution in [0.15, 0.2) is 55.0 Å². The number of hydrogen-bond donors (Lipinski definition) is 1. The molecule has 0 saturated heterocycles. The number of nitrogens with one attached hydrogen (secondary N) is 1. The van der Waals surface area contributed by atoms with E-state index in [4.69, 9.17) is 11.6 Å². The SMILES string of the molecule is Cc1cnn(Cc2ccc(Cn3cc(C(=O)NCc4c(F)ccc(Cl)c4F)c(C(F)(F)F)n3)cc2)c1. The standard InChI is InChI=1S/C24H19ClF5N5O/c1-14-8-32-34(10-14)11-15-2-4-16(5-3-15)12-35-13-18(22(33-35)24(28,29)30)23(36)31-9-17-20(26)7-6-19(25)21(17)27/h2-8,10,13H,9,11-12H2,1H3,(H,31,36). The number of benzene rings is 2. The van der Waals surface area contributed by atoms with Crippen molar-refractivity contribution in [2.75, 3.05) is 0 Å². The van der Waals surface area contributed by atoms with Crippen molar-refractivity contribution in [2.45, 2.75) is 32.7 Å². The number of aryl methyl sites for hydroxylation is 1. The van der Waals surface area contributed by atoms with Gasteiger partial charge in [-0.2, -0.15) is 23.4 Å². The first-order valence-electron chi connectivity index (χ1n) is 10.6. The van der Waals surface area contributed by atoms with Gasteiger partial charge in [-0.25, -0.2) is 8.78 Å². The van der Waals surface area contributed by atoms with Crippen molar-refractivity contribution in [2.24, 2.45) is 0 Å². The molecule has 0 aliphatic rings. The normalized spacial score (nSPS) is 11.6. The number of aromatic nitrogens is 4. The molecule has 0 spiro atoms. The summed E-state index contributed by atoms with van der Waals surface area (Å²) in [6.07, 6.45) is -0.350. The Bertz CT molecular complexity index is 1400.